The molecule has 6 nitrogen and oxygen atoms in total. The first-order valence-corrected chi connectivity index (χ1v) is 5.47. The fourth-order valence-electron chi connectivity index (χ4n) is 1.59. The SMILES string of the molecule is N#Cc1ccccc1NC(=O)c1ccncc1NN. The van der Waals surface area contributed by atoms with Gasteiger partial charge in [-0.25, -0.2) is 0 Å². The lowest BCUT2D eigenvalue weighted by molar-refractivity contribution is 0.102. The second-order valence-electron chi connectivity index (χ2n) is 3.68. The van der Waals surface area contributed by atoms with Crippen molar-refractivity contribution in [1.29, 1.82) is 5.26 Å². The number of carbonyl (C=O) groups is 1. The van der Waals surface area contributed by atoms with E-state index in [0.717, 1.165) is 0 Å². The number of para-hydroxylation sites is 1. The van der Waals surface area contributed by atoms with Crippen molar-refractivity contribution in [2.24, 2.45) is 5.84 Å². The van der Waals surface area contributed by atoms with Crippen LogP contribution in [0, 0.1) is 11.3 Å². The molecule has 2 rings (SSSR count). The van der Waals surface area contributed by atoms with E-state index in [9.17, 15) is 4.79 Å². The molecule has 0 aliphatic heterocycles. The molecule has 0 atom stereocenters. The average molecular weight is 253 g/mol. The second-order valence-corrected chi connectivity index (χ2v) is 3.68. The van der Waals surface area contributed by atoms with Gasteiger partial charge in [0.05, 0.1) is 28.7 Å². The fraction of sp³-hybridized carbons (Fsp3) is 0. The first-order chi connectivity index (χ1) is 9.26. The van der Waals surface area contributed by atoms with Gasteiger partial charge in [0.25, 0.3) is 5.91 Å². The number of carbonyl (C=O) groups excluding carboxylic acids is 1. The standard InChI is InChI=1S/C13H11N5O/c14-7-9-3-1-2-4-11(9)17-13(19)10-5-6-16-8-12(10)18-15/h1-6,8,18H,15H2,(H,17,19). The zero-order chi connectivity index (χ0) is 13.7. The molecule has 0 unspecified atom stereocenters. The van der Waals surface area contributed by atoms with Crippen LogP contribution in [0.2, 0.25) is 0 Å². The summed E-state index contributed by atoms with van der Waals surface area (Å²) in [6, 6.07) is 10.3. The molecule has 0 radical (unpaired) electrons. The zero-order valence-electron chi connectivity index (χ0n) is 9.92. The Morgan fingerprint density at radius 1 is 1.26 bits per heavy atom. The van der Waals surface area contributed by atoms with E-state index in [1.54, 1.807) is 30.3 Å². The highest BCUT2D eigenvalue weighted by Gasteiger charge is 2.12. The van der Waals surface area contributed by atoms with Crippen LogP contribution in [0.4, 0.5) is 11.4 Å². The molecule has 0 fully saturated rings. The maximum Gasteiger partial charge on any atom is 0.257 e. The van der Waals surface area contributed by atoms with Crippen molar-refractivity contribution in [3.63, 3.8) is 0 Å². The molecular formula is C13H11N5O. The molecule has 0 aliphatic rings. The molecule has 1 amide bonds. The van der Waals surface area contributed by atoms with Gasteiger partial charge in [0.15, 0.2) is 0 Å². The maximum absolute atomic E-state index is 12.1. The minimum absolute atomic E-state index is 0.352. The van der Waals surface area contributed by atoms with Gasteiger partial charge in [-0.05, 0) is 18.2 Å². The maximum atomic E-state index is 12.1. The Bertz CT molecular complexity index is 647. The summed E-state index contributed by atoms with van der Waals surface area (Å²) in [6.07, 6.45) is 2.94. The van der Waals surface area contributed by atoms with Gasteiger partial charge in [-0.15, -0.1) is 0 Å². The van der Waals surface area contributed by atoms with E-state index in [0.29, 0.717) is 22.5 Å². The van der Waals surface area contributed by atoms with Crippen molar-refractivity contribution in [2.45, 2.75) is 0 Å². The summed E-state index contributed by atoms with van der Waals surface area (Å²) in [4.78, 5) is 16.0. The Hall–Kier alpha value is -2.91. The zero-order valence-corrected chi connectivity index (χ0v) is 9.92. The molecule has 19 heavy (non-hydrogen) atoms. The van der Waals surface area contributed by atoms with Crippen molar-refractivity contribution in [3.05, 3.63) is 53.9 Å². The van der Waals surface area contributed by atoms with Crippen LogP contribution in [0.15, 0.2) is 42.7 Å². The quantitative estimate of drug-likeness (QED) is 0.568. The second kappa shape index (κ2) is 5.62. The number of nitriles is 1. The molecule has 94 valence electrons. The Labute approximate surface area is 109 Å². The number of nitrogens with zero attached hydrogens (tertiary/aromatic N) is 2. The van der Waals surface area contributed by atoms with E-state index in [1.807, 2.05) is 6.07 Å². The first-order valence-electron chi connectivity index (χ1n) is 5.47. The molecule has 2 aromatic rings. The highest BCUT2D eigenvalue weighted by atomic mass is 16.1. The van der Waals surface area contributed by atoms with E-state index in [2.05, 4.69) is 15.7 Å². The summed E-state index contributed by atoms with van der Waals surface area (Å²) in [5.74, 6) is 4.95. The van der Waals surface area contributed by atoms with E-state index in [1.165, 1.54) is 12.4 Å². The number of hydrogen-bond donors (Lipinski definition) is 3. The third-order valence-corrected chi connectivity index (χ3v) is 2.52. The number of rotatable bonds is 3. The van der Waals surface area contributed by atoms with Crippen LogP contribution in [0.25, 0.3) is 0 Å². The normalized spacial score (nSPS) is 9.47. The Morgan fingerprint density at radius 3 is 2.79 bits per heavy atom. The number of nitrogen functional groups attached to an aromatic ring is 1. The summed E-state index contributed by atoms with van der Waals surface area (Å²) >= 11 is 0. The van der Waals surface area contributed by atoms with Crippen molar-refractivity contribution in [3.8, 4) is 6.07 Å². The number of pyridine rings is 1. The van der Waals surface area contributed by atoms with Crippen molar-refractivity contribution in [2.75, 3.05) is 10.7 Å². The molecule has 0 spiro atoms. The van der Waals surface area contributed by atoms with Gasteiger partial charge in [-0.2, -0.15) is 5.26 Å². The Kier molecular flexibility index (Phi) is 3.71. The third kappa shape index (κ3) is 2.68. The minimum atomic E-state index is -0.363. The molecule has 1 heterocycles. The molecule has 4 N–H and O–H groups in total. The van der Waals surface area contributed by atoms with Crippen LogP contribution in [0.1, 0.15) is 15.9 Å². The fourth-order valence-corrected chi connectivity index (χ4v) is 1.59. The van der Waals surface area contributed by atoms with Crippen molar-refractivity contribution >= 4 is 17.3 Å². The number of nitrogens with one attached hydrogen (secondary N) is 2. The number of hydrogen-bond acceptors (Lipinski definition) is 5. The van der Waals surface area contributed by atoms with Crippen LogP contribution in [0.5, 0.6) is 0 Å². The lowest BCUT2D eigenvalue weighted by atomic mass is 10.1. The van der Waals surface area contributed by atoms with Crippen molar-refractivity contribution in [1.82, 2.24) is 4.98 Å². The van der Waals surface area contributed by atoms with Crippen LogP contribution in [0.3, 0.4) is 0 Å². The summed E-state index contributed by atoms with van der Waals surface area (Å²) in [5, 5.41) is 11.6. The molecule has 1 aromatic heterocycles. The van der Waals surface area contributed by atoms with Crippen molar-refractivity contribution < 1.29 is 4.79 Å². The van der Waals surface area contributed by atoms with Gasteiger partial charge in [0.2, 0.25) is 0 Å². The first kappa shape index (κ1) is 12.5. The number of amides is 1. The molecule has 6 heteroatoms. The predicted molar refractivity (Wildman–Crippen MR) is 71.2 cm³/mol. The summed E-state index contributed by atoms with van der Waals surface area (Å²) < 4.78 is 0. The lowest BCUT2D eigenvalue weighted by Gasteiger charge is -2.09. The van der Waals surface area contributed by atoms with E-state index in [-0.39, 0.29) is 5.91 Å². The molecule has 0 bridgehead atoms. The number of hydrazine groups is 1. The highest BCUT2D eigenvalue weighted by molar-refractivity contribution is 6.08. The summed E-state index contributed by atoms with van der Waals surface area (Å²) in [7, 11) is 0. The topological polar surface area (TPSA) is 104 Å². The molecular weight excluding hydrogens is 242 g/mol. The molecule has 0 aliphatic carbocycles. The van der Waals surface area contributed by atoms with Crippen LogP contribution < -0.4 is 16.6 Å². The number of anilines is 2. The van der Waals surface area contributed by atoms with E-state index < -0.39 is 0 Å². The average Bonchev–Trinajstić information content (AvgIpc) is 2.47. The molecule has 0 saturated carbocycles. The van der Waals surface area contributed by atoms with Gasteiger partial charge in [0.1, 0.15) is 6.07 Å². The predicted octanol–water partition coefficient (Wildman–Crippen LogP) is 1.49. The van der Waals surface area contributed by atoms with Crippen LogP contribution >= 0.6 is 0 Å². The largest absolute Gasteiger partial charge is 0.322 e. The van der Waals surface area contributed by atoms with E-state index in [4.69, 9.17) is 11.1 Å². The Balaban J connectivity index is 2.29. The number of nitrogens with two attached hydrogens (primary N) is 1. The Morgan fingerprint density at radius 2 is 2.05 bits per heavy atom. The number of aromatic nitrogens is 1. The monoisotopic (exact) mass is 253 g/mol. The van der Waals surface area contributed by atoms with Gasteiger partial charge >= 0.3 is 0 Å². The molecule has 0 saturated heterocycles. The molecule has 1 aromatic carbocycles. The highest BCUT2D eigenvalue weighted by Crippen LogP contribution is 2.17. The smallest absolute Gasteiger partial charge is 0.257 e. The third-order valence-electron chi connectivity index (χ3n) is 2.52. The summed E-state index contributed by atoms with van der Waals surface area (Å²) in [6.45, 7) is 0. The van der Waals surface area contributed by atoms with Crippen LogP contribution in [-0.2, 0) is 0 Å². The minimum Gasteiger partial charge on any atom is -0.322 e. The lowest BCUT2D eigenvalue weighted by Crippen LogP contribution is -2.17. The van der Waals surface area contributed by atoms with Crippen LogP contribution in [-0.4, -0.2) is 10.9 Å². The van der Waals surface area contributed by atoms with Gasteiger partial charge in [-0.1, -0.05) is 12.1 Å². The van der Waals surface area contributed by atoms with Gasteiger partial charge in [-0.3, -0.25) is 15.6 Å². The van der Waals surface area contributed by atoms with Gasteiger partial charge < -0.3 is 10.7 Å². The van der Waals surface area contributed by atoms with Gasteiger partial charge in [0, 0.05) is 6.20 Å². The number of benzene rings is 1. The summed E-state index contributed by atoms with van der Waals surface area (Å²) in [5.41, 5.74) is 4.02. The van der Waals surface area contributed by atoms with E-state index >= 15 is 0 Å².